The average molecular weight is 252 g/mol. The maximum atomic E-state index is 12.8. The SMILES string of the molecule is FC(CBr)Cc1ccc(Cl)cc1. The van der Waals surface area contributed by atoms with Gasteiger partial charge in [0, 0.05) is 16.8 Å². The Balaban J connectivity index is 2.58. The molecule has 0 heterocycles. The molecule has 0 saturated carbocycles. The minimum atomic E-state index is -0.814. The molecule has 0 amide bonds. The van der Waals surface area contributed by atoms with E-state index in [4.69, 9.17) is 11.6 Å². The van der Waals surface area contributed by atoms with Crippen LogP contribution in [-0.2, 0) is 6.42 Å². The Hall–Kier alpha value is -0.0800. The molecule has 0 spiro atoms. The first-order chi connectivity index (χ1) is 5.72. The van der Waals surface area contributed by atoms with Crippen molar-refractivity contribution in [3.63, 3.8) is 0 Å². The first-order valence-corrected chi connectivity index (χ1v) is 5.17. The number of hydrogen-bond donors (Lipinski definition) is 0. The third kappa shape index (κ3) is 3.11. The average Bonchev–Trinajstić information content (AvgIpc) is 2.09. The lowest BCUT2D eigenvalue weighted by Crippen LogP contribution is -2.05. The van der Waals surface area contributed by atoms with Gasteiger partial charge in [0.1, 0.15) is 6.17 Å². The van der Waals surface area contributed by atoms with Crippen molar-refractivity contribution in [3.8, 4) is 0 Å². The molecule has 1 aromatic carbocycles. The number of rotatable bonds is 3. The van der Waals surface area contributed by atoms with Gasteiger partial charge in [0.25, 0.3) is 0 Å². The zero-order valence-corrected chi connectivity index (χ0v) is 8.78. The van der Waals surface area contributed by atoms with Gasteiger partial charge in [-0.2, -0.15) is 0 Å². The van der Waals surface area contributed by atoms with Gasteiger partial charge in [-0.1, -0.05) is 39.7 Å². The molecule has 0 saturated heterocycles. The molecule has 1 atom stereocenters. The van der Waals surface area contributed by atoms with Gasteiger partial charge in [-0.05, 0) is 17.7 Å². The summed E-state index contributed by atoms with van der Waals surface area (Å²) in [7, 11) is 0. The molecule has 1 unspecified atom stereocenters. The maximum absolute atomic E-state index is 12.8. The topological polar surface area (TPSA) is 0 Å². The molecule has 0 aliphatic heterocycles. The van der Waals surface area contributed by atoms with Crippen molar-refractivity contribution in [3.05, 3.63) is 34.9 Å². The van der Waals surface area contributed by atoms with Crippen molar-refractivity contribution in [2.24, 2.45) is 0 Å². The molecule has 0 aliphatic rings. The van der Waals surface area contributed by atoms with Crippen LogP contribution in [0.2, 0.25) is 5.02 Å². The third-order valence-corrected chi connectivity index (χ3v) is 2.49. The van der Waals surface area contributed by atoms with Gasteiger partial charge in [0.15, 0.2) is 0 Å². The summed E-state index contributed by atoms with van der Waals surface area (Å²) in [6.07, 6.45) is -0.367. The number of benzene rings is 1. The minimum absolute atomic E-state index is 0.385. The molecule has 12 heavy (non-hydrogen) atoms. The van der Waals surface area contributed by atoms with E-state index in [0.29, 0.717) is 16.8 Å². The van der Waals surface area contributed by atoms with E-state index < -0.39 is 6.17 Å². The Morgan fingerprint density at radius 1 is 1.33 bits per heavy atom. The van der Waals surface area contributed by atoms with Gasteiger partial charge in [0.05, 0.1) is 0 Å². The molecule has 0 fully saturated rings. The van der Waals surface area contributed by atoms with Crippen LogP contribution in [0.15, 0.2) is 24.3 Å². The Labute approximate surface area is 84.9 Å². The normalized spacial score (nSPS) is 12.9. The zero-order chi connectivity index (χ0) is 8.97. The summed E-state index contributed by atoms with van der Waals surface area (Å²) < 4.78 is 12.8. The molecule has 0 radical (unpaired) electrons. The molecule has 1 rings (SSSR count). The molecule has 3 heteroatoms. The zero-order valence-electron chi connectivity index (χ0n) is 6.43. The fourth-order valence-corrected chi connectivity index (χ4v) is 1.29. The van der Waals surface area contributed by atoms with Crippen molar-refractivity contribution < 1.29 is 4.39 Å². The Bertz CT molecular complexity index is 235. The second-order valence-electron chi connectivity index (χ2n) is 2.58. The van der Waals surface area contributed by atoms with Crippen LogP contribution in [0.3, 0.4) is 0 Å². The molecule has 0 nitrogen and oxygen atoms in total. The predicted molar refractivity (Wildman–Crippen MR) is 53.8 cm³/mol. The molecule has 0 aliphatic carbocycles. The molecule has 1 aromatic rings. The van der Waals surface area contributed by atoms with E-state index in [0.717, 1.165) is 5.56 Å². The van der Waals surface area contributed by atoms with Crippen LogP contribution in [0.1, 0.15) is 5.56 Å². The van der Waals surface area contributed by atoms with Crippen LogP contribution in [0.4, 0.5) is 4.39 Å². The highest BCUT2D eigenvalue weighted by Crippen LogP contribution is 2.12. The third-order valence-electron chi connectivity index (χ3n) is 1.54. The smallest absolute Gasteiger partial charge is 0.114 e. The van der Waals surface area contributed by atoms with E-state index in [2.05, 4.69) is 15.9 Å². The molecule has 66 valence electrons. The highest BCUT2D eigenvalue weighted by molar-refractivity contribution is 9.09. The second kappa shape index (κ2) is 4.83. The lowest BCUT2D eigenvalue weighted by molar-refractivity contribution is 0.368. The first kappa shape index (κ1) is 10.0. The Kier molecular flexibility index (Phi) is 4.02. The number of hydrogen-bond acceptors (Lipinski definition) is 0. The largest absolute Gasteiger partial charge is 0.246 e. The minimum Gasteiger partial charge on any atom is -0.246 e. The summed E-state index contributed by atoms with van der Waals surface area (Å²) in [4.78, 5) is 0. The van der Waals surface area contributed by atoms with Crippen LogP contribution in [0, 0.1) is 0 Å². The Morgan fingerprint density at radius 2 is 1.92 bits per heavy atom. The lowest BCUT2D eigenvalue weighted by Gasteiger charge is -2.03. The molecular formula is C9H9BrClF. The summed E-state index contributed by atoms with van der Waals surface area (Å²) in [5.41, 5.74) is 0.978. The molecule has 0 aromatic heterocycles. The molecular weight excluding hydrogens is 242 g/mol. The molecule has 0 N–H and O–H groups in total. The van der Waals surface area contributed by atoms with E-state index >= 15 is 0 Å². The standard InChI is InChI=1S/C9H9BrClF/c10-6-9(12)5-7-1-3-8(11)4-2-7/h1-4,9H,5-6H2. The summed E-state index contributed by atoms with van der Waals surface area (Å²) >= 11 is 8.76. The fraction of sp³-hybridized carbons (Fsp3) is 0.333. The van der Waals surface area contributed by atoms with Crippen molar-refractivity contribution in [2.75, 3.05) is 5.33 Å². The van der Waals surface area contributed by atoms with Gasteiger partial charge >= 0.3 is 0 Å². The van der Waals surface area contributed by atoms with Crippen molar-refractivity contribution in [2.45, 2.75) is 12.6 Å². The van der Waals surface area contributed by atoms with E-state index in [9.17, 15) is 4.39 Å². The summed E-state index contributed by atoms with van der Waals surface area (Å²) in [6.45, 7) is 0. The second-order valence-corrected chi connectivity index (χ2v) is 3.67. The number of halogens is 3. The van der Waals surface area contributed by atoms with Gasteiger partial charge in [-0.15, -0.1) is 0 Å². The number of alkyl halides is 2. The quantitative estimate of drug-likeness (QED) is 0.720. The van der Waals surface area contributed by atoms with Gasteiger partial charge in [0.2, 0.25) is 0 Å². The first-order valence-electron chi connectivity index (χ1n) is 3.67. The van der Waals surface area contributed by atoms with Crippen LogP contribution >= 0.6 is 27.5 Å². The maximum Gasteiger partial charge on any atom is 0.114 e. The summed E-state index contributed by atoms with van der Waals surface area (Å²) in [5.74, 6) is 0. The Morgan fingerprint density at radius 3 is 2.42 bits per heavy atom. The van der Waals surface area contributed by atoms with Crippen LogP contribution in [0.25, 0.3) is 0 Å². The molecule has 0 bridgehead atoms. The van der Waals surface area contributed by atoms with Crippen molar-refractivity contribution >= 4 is 27.5 Å². The van der Waals surface area contributed by atoms with Gasteiger partial charge < -0.3 is 0 Å². The van der Waals surface area contributed by atoms with E-state index in [1.807, 2.05) is 12.1 Å². The van der Waals surface area contributed by atoms with E-state index in [1.165, 1.54) is 0 Å². The lowest BCUT2D eigenvalue weighted by atomic mass is 10.1. The van der Waals surface area contributed by atoms with Gasteiger partial charge in [-0.25, -0.2) is 4.39 Å². The van der Waals surface area contributed by atoms with Crippen molar-refractivity contribution in [1.29, 1.82) is 0 Å². The highest BCUT2D eigenvalue weighted by atomic mass is 79.9. The van der Waals surface area contributed by atoms with E-state index in [-0.39, 0.29) is 0 Å². The van der Waals surface area contributed by atoms with Crippen LogP contribution < -0.4 is 0 Å². The summed E-state index contributed by atoms with van der Waals surface area (Å²) in [5, 5.41) is 1.07. The van der Waals surface area contributed by atoms with Crippen LogP contribution in [0.5, 0.6) is 0 Å². The fourth-order valence-electron chi connectivity index (χ4n) is 0.931. The highest BCUT2D eigenvalue weighted by Gasteiger charge is 2.04. The van der Waals surface area contributed by atoms with E-state index in [1.54, 1.807) is 12.1 Å². The van der Waals surface area contributed by atoms with Crippen LogP contribution in [-0.4, -0.2) is 11.5 Å². The predicted octanol–water partition coefficient (Wildman–Crippen LogP) is 3.62. The monoisotopic (exact) mass is 250 g/mol. The van der Waals surface area contributed by atoms with Gasteiger partial charge in [-0.3, -0.25) is 0 Å². The summed E-state index contributed by atoms with van der Waals surface area (Å²) in [6, 6.07) is 7.24. The van der Waals surface area contributed by atoms with Crippen molar-refractivity contribution in [1.82, 2.24) is 0 Å².